The van der Waals surface area contributed by atoms with Gasteiger partial charge in [0.1, 0.15) is 5.56 Å². The molecule has 3 aromatic rings. The Morgan fingerprint density at radius 2 is 2.00 bits per heavy atom. The molecule has 0 unspecified atom stereocenters. The van der Waals surface area contributed by atoms with Gasteiger partial charge in [-0.05, 0) is 36.1 Å². The predicted octanol–water partition coefficient (Wildman–Crippen LogP) is 2.67. The van der Waals surface area contributed by atoms with E-state index in [2.05, 4.69) is 15.3 Å². The van der Waals surface area contributed by atoms with E-state index < -0.39 is 11.5 Å². The first-order valence-electron chi connectivity index (χ1n) is 8.75. The first-order valence-corrected chi connectivity index (χ1v) is 8.75. The first kappa shape index (κ1) is 17.2. The Morgan fingerprint density at radius 3 is 2.78 bits per heavy atom. The fraction of sp³-hybridized carbons (Fsp3) is 0.300. The van der Waals surface area contributed by atoms with Gasteiger partial charge < -0.3 is 14.9 Å². The number of amides is 1. The maximum absolute atomic E-state index is 12.6. The molecule has 0 fully saturated rings. The summed E-state index contributed by atoms with van der Waals surface area (Å²) in [6.07, 6.45) is 2.68. The minimum absolute atomic E-state index is 0.0542. The molecule has 4 rings (SSSR count). The number of hydrogen-bond donors (Lipinski definition) is 2. The molecule has 0 atom stereocenters. The van der Waals surface area contributed by atoms with Crippen LogP contribution in [0.3, 0.4) is 0 Å². The van der Waals surface area contributed by atoms with Crippen molar-refractivity contribution in [3.8, 4) is 0 Å². The van der Waals surface area contributed by atoms with E-state index in [0.29, 0.717) is 29.8 Å². The summed E-state index contributed by atoms with van der Waals surface area (Å²) < 4.78 is 1.88. The van der Waals surface area contributed by atoms with Gasteiger partial charge in [0.2, 0.25) is 0 Å². The number of ketones is 1. The number of fused-ring (bicyclic) bond motifs is 2. The van der Waals surface area contributed by atoms with Crippen molar-refractivity contribution in [3.05, 3.63) is 57.8 Å². The Labute approximate surface area is 155 Å². The monoisotopic (exact) mass is 364 g/mol. The van der Waals surface area contributed by atoms with Gasteiger partial charge in [-0.1, -0.05) is 13.8 Å². The number of pyridine rings is 1. The summed E-state index contributed by atoms with van der Waals surface area (Å²) in [5, 5.41) is 2.72. The topological polar surface area (TPSA) is 96.8 Å². The molecule has 0 spiro atoms. The summed E-state index contributed by atoms with van der Waals surface area (Å²) >= 11 is 0. The third-order valence-corrected chi connectivity index (χ3v) is 4.95. The molecule has 1 amide bonds. The highest BCUT2D eigenvalue weighted by atomic mass is 16.2. The largest absolute Gasteiger partial charge is 0.334 e. The van der Waals surface area contributed by atoms with Crippen LogP contribution in [0.15, 0.2) is 35.4 Å². The van der Waals surface area contributed by atoms with Crippen LogP contribution in [0.5, 0.6) is 0 Å². The number of nitrogens with one attached hydrogen (secondary N) is 2. The maximum Gasteiger partial charge on any atom is 0.261 e. The molecule has 7 heteroatoms. The van der Waals surface area contributed by atoms with E-state index in [4.69, 9.17) is 0 Å². The van der Waals surface area contributed by atoms with Crippen molar-refractivity contribution in [1.29, 1.82) is 0 Å². The number of imidazole rings is 1. The second-order valence-electron chi connectivity index (χ2n) is 7.86. The summed E-state index contributed by atoms with van der Waals surface area (Å²) in [5.41, 5.74) is 2.50. The van der Waals surface area contributed by atoms with Gasteiger partial charge in [-0.2, -0.15) is 0 Å². The molecule has 0 saturated carbocycles. The lowest BCUT2D eigenvalue weighted by atomic mass is 9.75. The number of carbonyl (C=O) groups is 2. The highest BCUT2D eigenvalue weighted by molar-refractivity contribution is 6.07. The summed E-state index contributed by atoms with van der Waals surface area (Å²) in [7, 11) is 1.89. The fourth-order valence-electron chi connectivity index (χ4n) is 3.61. The number of hydrogen-bond acceptors (Lipinski definition) is 4. The number of carbonyl (C=O) groups excluding carboxylic acids is 2. The number of aryl methyl sites for hydroxylation is 1. The number of benzene rings is 1. The van der Waals surface area contributed by atoms with Gasteiger partial charge in [0.25, 0.3) is 11.5 Å². The summed E-state index contributed by atoms with van der Waals surface area (Å²) in [6.45, 7) is 3.97. The van der Waals surface area contributed by atoms with Crippen molar-refractivity contribution in [3.63, 3.8) is 0 Å². The second kappa shape index (κ2) is 5.90. The van der Waals surface area contributed by atoms with Crippen LogP contribution in [0.2, 0.25) is 0 Å². The molecule has 2 aromatic heterocycles. The number of anilines is 1. The Kier molecular flexibility index (Phi) is 3.76. The van der Waals surface area contributed by atoms with Crippen LogP contribution in [0, 0.1) is 5.41 Å². The zero-order valence-electron chi connectivity index (χ0n) is 15.4. The molecule has 27 heavy (non-hydrogen) atoms. The average molecular weight is 364 g/mol. The molecule has 0 radical (unpaired) electrons. The Bertz CT molecular complexity index is 1150. The zero-order chi connectivity index (χ0) is 19.3. The van der Waals surface area contributed by atoms with E-state index in [-0.39, 0.29) is 16.8 Å². The van der Waals surface area contributed by atoms with Gasteiger partial charge in [-0.3, -0.25) is 14.4 Å². The summed E-state index contributed by atoms with van der Waals surface area (Å²) in [4.78, 5) is 44.5. The van der Waals surface area contributed by atoms with E-state index >= 15 is 0 Å². The minimum Gasteiger partial charge on any atom is -0.334 e. The number of rotatable bonds is 2. The van der Waals surface area contributed by atoms with Gasteiger partial charge in [-0.15, -0.1) is 0 Å². The number of aromatic amines is 1. The molecule has 138 valence electrons. The number of aromatic nitrogens is 3. The van der Waals surface area contributed by atoms with E-state index in [1.165, 1.54) is 6.07 Å². The smallest absolute Gasteiger partial charge is 0.261 e. The molecule has 2 N–H and O–H groups in total. The SMILES string of the molecule is Cn1cnc2cc(NC(=O)c3cc4c([nH]c3=O)CC(C)(C)CC4=O)ccc21. The lowest BCUT2D eigenvalue weighted by Crippen LogP contribution is -2.32. The minimum atomic E-state index is -0.549. The Balaban J connectivity index is 1.66. The van der Waals surface area contributed by atoms with Crippen molar-refractivity contribution in [2.45, 2.75) is 26.7 Å². The lowest BCUT2D eigenvalue weighted by Gasteiger charge is -2.29. The van der Waals surface area contributed by atoms with Crippen molar-refractivity contribution < 1.29 is 9.59 Å². The highest BCUT2D eigenvalue weighted by Gasteiger charge is 2.32. The molecule has 1 aromatic carbocycles. The van der Waals surface area contributed by atoms with Crippen LogP contribution in [0.25, 0.3) is 11.0 Å². The van der Waals surface area contributed by atoms with Crippen LogP contribution >= 0.6 is 0 Å². The second-order valence-corrected chi connectivity index (χ2v) is 7.86. The predicted molar refractivity (Wildman–Crippen MR) is 102 cm³/mol. The van der Waals surface area contributed by atoms with Crippen molar-refractivity contribution in [1.82, 2.24) is 14.5 Å². The van der Waals surface area contributed by atoms with Crippen LogP contribution in [0.1, 0.15) is 46.7 Å². The summed E-state index contributed by atoms with van der Waals surface area (Å²) in [5.74, 6) is -0.603. The maximum atomic E-state index is 12.6. The number of Topliss-reactive ketones (excluding diaryl/α,β-unsaturated/α-hetero) is 1. The zero-order valence-corrected chi connectivity index (χ0v) is 15.4. The highest BCUT2D eigenvalue weighted by Crippen LogP contribution is 2.33. The number of nitrogens with zero attached hydrogens (tertiary/aromatic N) is 2. The molecule has 7 nitrogen and oxygen atoms in total. The normalized spacial score (nSPS) is 15.6. The van der Waals surface area contributed by atoms with Crippen LogP contribution in [-0.2, 0) is 13.5 Å². The molecular formula is C20H20N4O3. The molecule has 0 aliphatic heterocycles. The fourth-order valence-corrected chi connectivity index (χ4v) is 3.61. The van der Waals surface area contributed by atoms with Gasteiger partial charge in [0, 0.05) is 30.4 Å². The van der Waals surface area contributed by atoms with Crippen molar-refractivity contribution in [2.24, 2.45) is 12.5 Å². The van der Waals surface area contributed by atoms with Crippen LogP contribution in [0.4, 0.5) is 5.69 Å². The molecule has 2 heterocycles. The molecular weight excluding hydrogens is 344 g/mol. The van der Waals surface area contributed by atoms with E-state index in [9.17, 15) is 14.4 Å². The standard InChI is InChI=1S/C20H20N4O3/c1-20(2)8-15-12(17(25)9-20)7-13(19(27)23-15)18(26)22-11-4-5-16-14(6-11)21-10-24(16)3/h4-7,10H,8-9H2,1-3H3,(H,22,26)(H,23,27). The van der Waals surface area contributed by atoms with E-state index in [1.807, 2.05) is 31.5 Å². The van der Waals surface area contributed by atoms with Gasteiger partial charge in [0.15, 0.2) is 5.78 Å². The molecule has 1 aliphatic carbocycles. The van der Waals surface area contributed by atoms with E-state index in [1.54, 1.807) is 18.5 Å². The Morgan fingerprint density at radius 1 is 1.22 bits per heavy atom. The third kappa shape index (κ3) is 3.05. The summed E-state index contributed by atoms with van der Waals surface area (Å²) in [6, 6.07) is 6.76. The number of H-pyrrole nitrogens is 1. The van der Waals surface area contributed by atoms with Crippen molar-refractivity contribution in [2.75, 3.05) is 5.32 Å². The molecule has 0 bridgehead atoms. The van der Waals surface area contributed by atoms with Crippen molar-refractivity contribution >= 4 is 28.4 Å². The molecule has 0 saturated heterocycles. The average Bonchev–Trinajstić information content (AvgIpc) is 2.93. The van der Waals surface area contributed by atoms with Crippen LogP contribution in [-0.4, -0.2) is 26.2 Å². The Hall–Kier alpha value is -3.22. The van der Waals surface area contributed by atoms with Crippen LogP contribution < -0.4 is 10.9 Å². The quantitative estimate of drug-likeness (QED) is 0.730. The van der Waals surface area contributed by atoms with Gasteiger partial charge in [-0.25, -0.2) is 4.98 Å². The van der Waals surface area contributed by atoms with Gasteiger partial charge in [0.05, 0.1) is 17.4 Å². The first-order chi connectivity index (χ1) is 12.7. The lowest BCUT2D eigenvalue weighted by molar-refractivity contribution is 0.0910. The molecule has 1 aliphatic rings. The third-order valence-electron chi connectivity index (χ3n) is 4.95. The van der Waals surface area contributed by atoms with Gasteiger partial charge >= 0.3 is 0 Å². The van der Waals surface area contributed by atoms with E-state index in [0.717, 1.165) is 11.0 Å².